The molecule has 144 valence electrons. The summed E-state index contributed by atoms with van der Waals surface area (Å²) < 4.78 is 22.8. The first-order valence-electron chi connectivity index (χ1n) is 8.02. The number of aromatic hydroxyl groups is 2. The highest BCUT2D eigenvalue weighted by Gasteiger charge is 2.16. The number of ether oxygens (including phenoxy) is 2. The topological polar surface area (TPSA) is 96.3 Å². The van der Waals surface area contributed by atoms with Gasteiger partial charge >= 0.3 is 11.9 Å². The second-order valence-electron chi connectivity index (χ2n) is 5.78. The number of hydrogen-bond donors (Lipinski definition) is 2. The molecule has 0 aliphatic rings. The first-order valence-corrected chi connectivity index (χ1v) is 8.02. The number of phenols is 2. The third-order valence-electron chi connectivity index (χ3n) is 3.94. The van der Waals surface area contributed by atoms with Crippen LogP contribution in [0, 0.1) is 5.82 Å². The predicted molar refractivity (Wildman–Crippen MR) is 95.2 cm³/mol. The molecule has 2 N–H and O–H groups in total. The van der Waals surface area contributed by atoms with Crippen LogP contribution in [0.15, 0.2) is 36.4 Å². The molecule has 0 saturated carbocycles. The molecule has 0 aliphatic carbocycles. The standard InChI is InChI=1S/C19H20FNO6/c1-26-18(24)10-21(11-19(25)27-2)14-5-3-12(4-6-14)7-13-8-15(20)17(23)9-16(13)22/h3-6,8-9,22-23H,7,10-11H2,1-2H3. The lowest BCUT2D eigenvalue weighted by Crippen LogP contribution is -2.35. The van der Waals surface area contributed by atoms with E-state index < -0.39 is 23.5 Å². The summed E-state index contributed by atoms with van der Waals surface area (Å²) in [6.07, 6.45) is 0.233. The second-order valence-corrected chi connectivity index (χ2v) is 5.78. The number of hydrogen-bond acceptors (Lipinski definition) is 7. The molecule has 27 heavy (non-hydrogen) atoms. The van der Waals surface area contributed by atoms with E-state index in [0.29, 0.717) is 11.3 Å². The summed E-state index contributed by atoms with van der Waals surface area (Å²) in [5.74, 6) is -2.66. The third kappa shape index (κ3) is 5.34. The Morgan fingerprint density at radius 2 is 1.52 bits per heavy atom. The molecule has 0 unspecified atom stereocenters. The van der Waals surface area contributed by atoms with Crippen molar-refractivity contribution in [3.05, 3.63) is 53.3 Å². The molecular weight excluding hydrogens is 357 g/mol. The van der Waals surface area contributed by atoms with Gasteiger partial charge in [-0.15, -0.1) is 0 Å². The molecule has 0 aromatic heterocycles. The lowest BCUT2D eigenvalue weighted by Gasteiger charge is -2.22. The van der Waals surface area contributed by atoms with Gasteiger partial charge < -0.3 is 24.6 Å². The molecule has 2 aromatic carbocycles. The van der Waals surface area contributed by atoms with Gasteiger partial charge in [0.05, 0.1) is 14.2 Å². The summed E-state index contributed by atoms with van der Waals surface area (Å²) in [5.41, 5.74) is 1.67. The average Bonchev–Trinajstić information content (AvgIpc) is 2.65. The summed E-state index contributed by atoms with van der Waals surface area (Å²) in [7, 11) is 2.51. The van der Waals surface area contributed by atoms with Crippen molar-refractivity contribution in [2.45, 2.75) is 6.42 Å². The van der Waals surface area contributed by atoms with Gasteiger partial charge in [0, 0.05) is 23.7 Å². The van der Waals surface area contributed by atoms with Gasteiger partial charge in [-0.1, -0.05) is 12.1 Å². The summed E-state index contributed by atoms with van der Waals surface area (Å²) in [5, 5.41) is 19.1. The lowest BCUT2D eigenvalue weighted by molar-refractivity contribution is -0.140. The molecule has 0 aliphatic heterocycles. The van der Waals surface area contributed by atoms with Crippen molar-refractivity contribution in [2.24, 2.45) is 0 Å². The Kier molecular flexibility index (Phi) is 6.59. The van der Waals surface area contributed by atoms with Gasteiger partial charge in [-0.3, -0.25) is 9.59 Å². The highest BCUT2D eigenvalue weighted by Crippen LogP contribution is 2.28. The van der Waals surface area contributed by atoms with Crippen LogP contribution in [0.2, 0.25) is 0 Å². The maximum Gasteiger partial charge on any atom is 0.325 e. The molecule has 0 spiro atoms. The Balaban J connectivity index is 2.19. The Labute approximate surface area is 155 Å². The van der Waals surface area contributed by atoms with Gasteiger partial charge in [0.25, 0.3) is 0 Å². The molecule has 0 fully saturated rings. The predicted octanol–water partition coefficient (Wildman–Crippen LogP) is 1.98. The smallest absolute Gasteiger partial charge is 0.325 e. The molecule has 0 radical (unpaired) electrons. The summed E-state index contributed by atoms with van der Waals surface area (Å²) in [4.78, 5) is 24.6. The number of halogens is 1. The van der Waals surface area contributed by atoms with E-state index in [1.54, 1.807) is 24.3 Å². The number of nitrogens with zero attached hydrogens (tertiary/aromatic N) is 1. The van der Waals surface area contributed by atoms with Crippen LogP contribution in [0.1, 0.15) is 11.1 Å². The van der Waals surface area contributed by atoms with Crippen LogP contribution in [-0.2, 0) is 25.5 Å². The maximum atomic E-state index is 13.5. The molecule has 0 atom stereocenters. The molecule has 0 bridgehead atoms. The number of phenolic OH excluding ortho intramolecular Hbond substituents is 2. The molecule has 0 saturated heterocycles. The van der Waals surface area contributed by atoms with Gasteiger partial charge in [-0.05, 0) is 23.8 Å². The van der Waals surface area contributed by atoms with E-state index in [4.69, 9.17) is 0 Å². The molecule has 0 amide bonds. The van der Waals surface area contributed by atoms with E-state index >= 15 is 0 Å². The zero-order valence-electron chi connectivity index (χ0n) is 14.9. The van der Waals surface area contributed by atoms with Crippen molar-refractivity contribution in [3.63, 3.8) is 0 Å². The fourth-order valence-corrected chi connectivity index (χ4v) is 2.46. The lowest BCUT2D eigenvalue weighted by atomic mass is 10.0. The molecule has 2 rings (SSSR count). The van der Waals surface area contributed by atoms with Crippen LogP contribution >= 0.6 is 0 Å². The molecule has 0 heterocycles. The Morgan fingerprint density at radius 3 is 2.04 bits per heavy atom. The van der Waals surface area contributed by atoms with Crippen LogP contribution in [0.25, 0.3) is 0 Å². The van der Waals surface area contributed by atoms with Crippen molar-refractivity contribution >= 4 is 17.6 Å². The van der Waals surface area contributed by atoms with Gasteiger partial charge in [0.1, 0.15) is 18.8 Å². The Morgan fingerprint density at radius 1 is 0.963 bits per heavy atom. The zero-order chi connectivity index (χ0) is 20.0. The quantitative estimate of drug-likeness (QED) is 0.712. The minimum atomic E-state index is -0.818. The Hall–Kier alpha value is -3.29. The fourth-order valence-electron chi connectivity index (χ4n) is 2.46. The summed E-state index contributed by atoms with van der Waals surface area (Å²) in [6, 6.07) is 8.85. The summed E-state index contributed by atoms with van der Waals surface area (Å²) in [6.45, 7) is -0.260. The van der Waals surface area contributed by atoms with Crippen LogP contribution in [0.4, 0.5) is 10.1 Å². The highest BCUT2D eigenvalue weighted by molar-refractivity contribution is 5.81. The number of methoxy groups -OCH3 is 2. The number of carbonyl (C=O) groups excluding carboxylic acids is 2. The van der Waals surface area contributed by atoms with Crippen molar-refractivity contribution in [3.8, 4) is 11.5 Å². The van der Waals surface area contributed by atoms with Crippen LogP contribution in [-0.4, -0.2) is 49.5 Å². The molecule has 2 aromatic rings. The number of carbonyl (C=O) groups is 2. The molecular formula is C19H20FNO6. The monoisotopic (exact) mass is 377 g/mol. The van der Waals surface area contributed by atoms with Gasteiger partial charge in [-0.25, -0.2) is 4.39 Å². The first-order chi connectivity index (χ1) is 12.8. The van der Waals surface area contributed by atoms with E-state index in [1.165, 1.54) is 19.1 Å². The number of benzene rings is 2. The van der Waals surface area contributed by atoms with E-state index in [9.17, 15) is 24.2 Å². The number of esters is 2. The largest absolute Gasteiger partial charge is 0.508 e. The van der Waals surface area contributed by atoms with E-state index in [2.05, 4.69) is 9.47 Å². The normalized spacial score (nSPS) is 10.3. The minimum absolute atomic E-state index is 0.130. The fraction of sp³-hybridized carbons (Fsp3) is 0.263. The summed E-state index contributed by atoms with van der Waals surface area (Å²) >= 11 is 0. The molecule has 8 heteroatoms. The maximum absolute atomic E-state index is 13.5. The number of rotatable bonds is 7. The second kappa shape index (κ2) is 8.88. The zero-order valence-corrected chi connectivity index (χ0v) is 14.9. The van der Waals surface area contributed by atoms with E-state index in [-0.39, 0.29) is 25.3 Å². The van der Waals surface area contributed by atoms with Gasteiger partial charge in [-0.2, -0.15) is 0 Å². The van der Waals surface area contributed by atoms with Crippen LogP contribution < -0.4 is 4.90 Å². The molecule has 7 nitrogen and oxygen atoms in total. The first kappa shape index (κ1) is 20.0. The van der Waals surface area contributed by atoms with Crippen molar-refractivity contribution in [2.75, 3.05) is 32.2 Å². The van der Waals surface area contributed by atoms with Crippen molar-refractivity contribution < 1.29 is 33.7 Å². The van der Waals surface area contributed by atoms with Crippen LogP contribution in [0.3, 0.4) is 0 Å². The number of anilines is 1. The Bertz CT molecular complexity index is 804. The SMILES string of the molecule is COC(=O)CN(CC(=O)OC)c1ccc(Cc2cc(F)c(O)cc2O)cc1. The van der Waals surface area contributed by atoms with Crippen molar-refractivity contribution in [1.82, 2.24) is 0 Å². The third-order valence-corrected chi connectivity index (χ3v) is 3.94. The minimum Gasteiger partial charge on any atom is -0.508 e. The van der Waals surface area contributed by atoms with E-state index in [0.717, 1.165) is 17.7 Å². The van der Waals surface area contributed by atoms with Gasteiger partial charge in [0.15, 0.2) is 11.6 Å². The highest BCUT2D eigenvalue weighted by atomic mass is 19.1. The van der Waals surface area contributed by atoms with Crippen LogP contribution in [0.5, 0.6) is 11.5 Å². The average molecular weight is 377 g/mol. The van der Waals surface area contributed by atoms with Gasteiger partial charge in [0.2, 0.25) is 0 Å². The van der Waals surface area contributed by atoms with E-state index in [1.807, 2.05) is 0 Å². The van der Waals surface area contributed by atoms with Crippen molar-refractivity contribution in [1.29, 1.82) is 0 Å².